The molecule has 0 atom stereocenters. The average Bonchev–Trinajstić information content (AvgIpc) is 2.30. The fourth-order valence-corrected chi connectivity index (χ4v) is 1.36. The Morgan fingerprint density at radius 1 is 1.37 bits per heavy atom. The number of hydrogen-bond acceptors (Lipinski definition) is 5. The predicted octanol–water partition coefficient (Wildman–Crippen LogP) is 2.01. The van der Waals surface area contributed by atoms with Crippen LogP contribution in [0.5, 0.6) is 11.6 Å². The fraction of sp³-hybridized carbons (Fsp3) is 0.455. The summed E-state index contributed by atoms with van der Waals surface area (Å²) in [4.78, 5) is 14.8. The van der Waals surface area contributed by atoms with Crippen LogP contribution in [0, 0.1) is 6.92 Å². The van der Waals surface area contributed by atoms with E-state index in [1.54, 1.807) is 0 Å². The van der Waals surface area contributed by atoms with E-state index < -0.39 is 24.6 Å². The topological polar surface area (TPSA) is 57.7 Å². The summed E-state index contributed by atoms with van der Waals surface area (Å²) in [5.41, 5.74) is 0.155. The maximum Gasteiger partial charge on any atom is 0.574 e. The number of rotatable bonds is 4. The monoisotopic (exact) mass is 279 g/mol. The van der Waals surface area contributed by atoms with Crippen LogP contribution in [0.2, 0.25) is 0 Å². The molecule has 0 fully saturated rings. The number of esters is 1. The number of hydrogen-bond donors (Lipinski definition) is 0. The van der Waals surface area contributed by atoms with E-state index in [4.69, 9.17) is 4.74 Å². The van der Waals surface area contributed by atoms with E-state index in [1.807, 2.05) is 0 Å². The molecule has 0 saturated heterocycles. The minimum Gasteiger partial charge on any atom is -0.495 e. The van der Waals surface area contributed by atoms with Crippen molar-refractivity contribution in [3.05, 3.63) is 17.3 Å². The number of ether oxygens (including phenoxy) is 3. The molecule has 0 aromatic carbocycles. The van der Waals surface area contributed by atoms with Gasteiger partial charge >= 0.3 is 12.3 Å². The van der Waals surface area contributed by atoms with E-state index in [0.717, 1.165) is 7.11 Å². The molecule has 8 heteroatoms. The molecule has 0 aliphatic rings. The highest BCUT2D eigenvalue weighted by atomic mass is 19.4. The SMILES string of the molecule is COC(=O)Cc1cc(OC)c(C)nc1OC(F)(F)F. The lowest BCUT2D eigenvalue weighted by Crippen LogP contribution is -2.20. The minimum absolute atomic E-state index is 0.0633. The van der Waals surface area contributed by atoms with Crippen LogP contribution in [0.15, 0.2) is 6.07 Å². The standard InChI is InChI=1S/C11H12F3NO4/c1-6-8(17-2)4-7(5-9(16)18-3)10(15-6)19-11(12,13)14/h4H,5H2,1-3H3. The third kappa shape index (κ3) is 4.31. The van der Waals surface area contributed by atoms with Gasteiger partial charge in [-0.3, -0.25) is 4.79 Å². The van der Waals surface area contributed by atoms with Crippen molar-refractivity contribution in [2.75, 3.05) is 14.2 Å². The molecule has 1 heterocycles. The van der Waals surface area contributed by atoms with Gasteiger partial charge in [-0.15, -0.1) is 13.2 Å². The van der Waals surface area contributed by atoms with Crippen LogP contribution >= 0.6 is 0 Å². The smallest absolute Gasteiger partial charge is 0.495 e. The Morgan fingerprint density at radius 3 is 2.47 bits per heavy atom. The Morgan fingerprint density at radius 2 is 2.00 bits per heavy atom. The van der Waals surface area contributed by atoms with Crippen molar-refractivity contribution in [3.63, 3.8) is 0 Å². The first-order valence-electron chi connectivity index (χ1n) is 5.14. The molecule has 0 unspecified atom stereocenters. The van der Waals surface area contributed by atoms with Gasteiger partial charge in [0.25, 0.3) is 0 Å². The number of nitrogens with zero attached hydrogens (tertiary/aromatic N) is 1. The summed E-state index contributed by atoms with van der Waals surface area (Å²) in [7, 11) is 2.47. The number of methoxy groups -OCH3 is 2. The van der Waals surface area contributed by atoms with Gasteiger partial charge in [0.2, 0.25) is 5.88 Å². The van der Waals surface area contributed by atoms with Gasteiger partial charge in [0.15, 0.2) is 0 Å². The molecule has 0 aliphatic heterocycles. The molecule has 0 spiro atoms. The van der Waals surface area contributed by atoms with Crippen molar-refractivity contribution < 1.29 is 32.2 Å². The normalized spacial score (nSPS) is 11.1. The quantitative estimate of drug-likeness (QED) is 0.789. The molecule has 1 rings (SSSR count). The van der Waals surface area contributed by atoms with Crippen LogP contribution in [-0.2, 0) is 16.0 Å². The van der Waals surface area contributed by atoms with Gasteiger partial charge in [-0.25, -0.2) is 4.98 Å². The van der Waals surface area contributed by atoms with Crippen molar-refractivity contribution in [3.8, 4) is 11.6 Å². The number of carbonyl (C=O) groups excluding carboxylic acids is 1. The first kappa shape index (κ1) is 15.1. The zero-order valence-corrected chi connectivity index (χ0v) is 10.5. The van der Waals surface area contributed by atoms with Crippen LogP contribution in [0.4, 0.5) is 13.2 Å². The number of aryl methyl sites for hydroxylation is 1. The van der Waals surface area contributed by atoms with Crippen molar-refractivity contribution in [1.82, 2.24) is 4.98 Å². The first-order valence-corrected chi connectivity index (χ1v) is 5.14. The third-order valence-corrected chi connectivity index (χ3v) is 2.20. The van der Waals surface area contributed by atoms with Crippen LogP contribution in [0.3, 0.4) is 0 Å². The second-order valence-electron chi connectivity index (χ2n) is 3.54. The maximum absolute atomic E-state index is 12.2. The molecule has 0 radical (unpaired) electrons. The van der Waals surface area contributed by atoms with E-state index in [0.29, 0.717) is 0 Å². The lowest BCUT2D eigenvalue weighted by atomic mass is 10.1. The third-order valence-electron chi connectivity index (χ3n) is 2.20. The van der Waals surface area contributed by atoms with Gasteiger partial charge in [-0.1, -0.05) is 0 Å². The molecule has 1 aromatic rings. The van der Waals surface area contributed by atoms with Gasteiger partial charge in [-0.05, 0) is 13.0 Å². The van der Waals surface area contributed by atoms with Gasteiger partial charge in [0.05, 0.1) is 26.3 Å². The number of carbonyl (C=O) groups is 1. The van der Waals surface area contributed by atoms with Crippen LogP contribution in [-0.4, -0.2) is 31.5 Å². The van der Waals surface area contributed by atoms with Crippen LogP contribution < -0.4 is 9.47 Å². The highest BCUT2D eigenvalue weighted by molar-refractivity contribution is 5.73. The second kappa shape index (κ2) is 5.77. The first-order chi connectivity index (χ1) is 8.76. The Labute approximate surface area is 107 Å². The van der Waals surface area contributed by atoms with Gasteiger partial charge < -0.3 is 14.2 Å². The van der Waals surface area contributed by atoms with Crippen molar-refractivity contribution >= 4 is 5.97 Å². The molecule has 19 heavy (non-hydrogen) atoms. The minimum atomic E-state index is -4.89. The lowest BCUT2D eigenvalue weighted by molar-refractivity contribution is -0.276. The molecule has 0 aliphatic carbocycles. The van der Waals surface area contributed by atoms with Crippen LogP contribution in [0.1, 0.15) is 11.3 Å². The summed E-state index contributed by atoms with van der Waals surface area (Å²) in [5, 5.41) is 0. The van der Waals surface area contributed by atoms with Crippen LogP contribution in [0.25, 0.3) is 0 Å². The molecule has 5 nitrogen and oxygen atoms in total. The van der Waals surface area contributed by atoms with E-state index in [1.165, 1.54) is 20.1 Å². The summed E-state index contributed by atoms with van der Waals surface area (Å²) in [6.45, 7) is 1.46. The highest BCUT2D eigenvalue weighted by Crippen LogP contribution is 2.29. The summed E-state index contributed by atoms with van der Waals surface area (Å²) in [6.07, 6.45) is -5.29. The Hall–Kier alpha value is -1.99. The van der Waals surface area contributed by atoms with E-state index >= 15 is 0 Å². The summed E-state index contributed by atoms with van der Waals surface area (Å²) >= 11 is 0. The molecule has 0 bridgehead atoms. The molecule has 0 N–H and O–H groups in total. The van der Waals surface area contributed by atoms with Crippen molar-refractivity contribution in [1.29, 1.82) is 0 Å². The molecule has 0 amide bonds. The summed E-state index contributed by atoms with van der Waals surface area (Å²) < 4.78 is 49.9. The van der Waals surface area contributed by atoms with Crippen molar-refractivity contribution in [2.24, 2.45) is 0 Å². The second-order valence-corrected chi connectivity index (χ2v) is 3.54. The highest BCUT2D eigenvalue weighted by Gasteiger charge is 2.33. The number of pyridine rings is 1. The molecular weight excluding hydrogens is 267 g/mol. The largest absolute Gasteiger partial charge is 0.574 e. The zero-order valence-electron chi connectivity index (χ0n) is 10.5. The van der Waals surface area contributed by atoms with E-state index in [-0.39, 0.29) is 17.0 Å². The predicted molar refractivity (Wildman–Crippen MR) is 57.9 cm³/mol. The Bertz CT molecular complexity index is 474. The van der Waals surface area contributed by atoms with E-state index in [9.17, 15) is 18.0 Å². The van der Waals surface area contributed by atoms with Gasteiger partial charge in [-0.2, -0.15) is 0 Å². The van der Waals surface area contributed by atoms with Gasteiger partial charge in [0.1, 0.15) is 5.75 Å². The van der Waals surface area contributed by atoms with Crippen molar-refractivity contribution in [2.45, 2.75) is 19.7 Å². The number of aromatic nitrogens is 1. The average molecular weight is 279 g/mol. The van der Waals surface area contributed by atoms with Gasteiger partial charge in [0, 0.05) is 5.56 Å². The lowest BCUT2D eigenvalue weighted by Gasteiger charge is -2.14. The zero-order chi connectivity index (χ0) is 14.6. The number of alkyl halides is 3. The molecule has 106 valence electrons. The molecule has 1 aromatic heterocycles. The molecule has 0 saturated carbocycles. The Balaban J connectivity index is 3.18. The summed E-state index contributed by atoms with van der Waals surface area (Å²) in [5.74, 6) is -1.13. The molecular formula is C11H12F3NO4. The maximum atomic E-state index is 12.2. The van der Waals surface area contributed by atoms with E-state index in [2.05, 4.69) is 14.5 Å². The number of halogens is 3. The Kier molecular flexibility index (Phi) is 4.57. The summed E-state index contributed by atoms with van der Waals surface area (Å²) in [6, 6.07) is 1.26. The fourth-order valence-electron chi connectivity index (χ4n) is 1.36.